The maximum atomic E-state index is 13.0. The van der Waals surface area contributed by atoms with E-state index < -0.39 is 12.1 Å². The minimum Gasteiger partial charge on any atom is -0.356 e. The molecule has 0 aliphatic heterocycles. The molecule has 0 atom stereocenters. The van der Waals surface area contributed by atoms with Gasteiger partial charge in [0, 0.05) is 32.3 Å². The molecule has 0 unspecified atom stereocenters. The second-order valence-electron chi connectivity index (χ2n) is 7.21. The lowest BCUT2D eigenvalue weighted by atomic mass is 9.85. The molecular formula is C20H25F4N5. The van der Waals surface area contributed by atoms with Gasteiger partial charge in [-0.05, 0) is 56.0 Å². The third-order valence-corrected chi connectivity index (χ3v) is 5.16. The van der Waals surface area contributed by atoms with Gasteiger partial charge >= 0.3 is 6.18 Å². The van der Waals surface area contributed by atoms with Crippen molar-refractivity contribution in [2.24, 2.45) is 10.9 Å². The van der Waals surface area contributed by atoms with Gasteiger partial charge in [-0.1, -0.05) is 0 Å². The second-order valence-corrected chi connectivity index (χ2v) is 7.21. The average Bonchev–Trinajstić information content (AvgIpc) is 3.16. The van der Waals surface area contributed by atoms with Crippen LogP contribution in [0.5, 0.6) is 0 Å². The average molecular weight is 411 g/mol. The van der Waals surface area contributed by atoms with E-state index in [-0.39, 0.29) is 24.7 Å². The Bertz CT molecular complexity index is 805. The molecule has 9 heteroatoms. The molecule has 3 rings (SSSR count). The lowest BCUT2D eigenvalue weighted by molar-refractivity contribution is -0.182. The summed E-state index contributed by atoms with van der Waals surface area (Å²) in [6.45, 7) is 0.581. The van der Waals surface area contributed by atoms with E-state index in [0.717, 1.165) is 11.4 Å². The minimum atomic E-state index is -4.10. The number of nitrogens with zero attached hydrogens (tertiary/aromatic N) is 3. The normalized spacial score (nSPS) is 20.5. The molecule has 158 valence electrons. The number of guanidine groups is 1. The molecule has 0 amide bonds. The van der Waals surface area contributed by atoms with Crippen LogP contribution in [-0.2, 0) is 6.42 Å². The standard InChI is InChI=1S/C20H25F4N5/c1-25-19(27-16-6-2-14(3-7-16)20(22,23)24)26-12-10-17-11-13-29(28-17)18-8-4-15(21)5-9-18/h4-5,8-9,11,13-14,16H,2-3,6-7,10,12H2,1H3,(H2,25,26,27). The molecule has 1 aromatic carbocycles. The fraction of sp³-hybridized carbons (Fsp3) is 0.500. The van der Waals surface area contributed by atoms with Crippen LogP contribution in [0.15, 0.2) is 41.5 Å². The molecule has 1 fully saturated rings. The molecule has 1 aliphatic carbocycles. The third-order valence-electron chi connectivity index (χ3n) is 5.16. The lowest BCUT2D eigenvalue weighted by Gasteiger charge is -2.31. The van der Waals surface area contributed by atoms with Crippen LogP contribution < -0.4 is 10.6 Å². The van der Waals surface area contributed by atoms with Crippen molar-refractivity contribution < 1.29 is 17.6 Å². The maximum Gasteiger partial charge on any atom is 0.391 e. The molecule has 0 spiro atoms. The van der Waals surface area contributed by atoms with Gasteiger partial charge in [0.25, 0.3) is 0 Å². The van der Waals surface area contributed by atoms with Crippen molar-refractivity contribution >= 4 is 5.96 Å². The first-order valence-corrected chi connectivity index (χ1v) is 9.69. The zero-order valence-electron chi connectivity index (χ0n) is 16.2. The third kappa shape index (κ3) is 5.95. The monoisotopic (exact) mass is 411 g/mol. The van der Waals surface area contributed by atoms with Crippen LogP contribution >= 0.6 is 0 Å². The number of aliphatic imine (C=N–C) groups is 1. The van der Waals surface area contributed by atoms with E-state index in [9.17, 15) is 17.6 Å². The molecule has 29 heavy (non-hydrogen) atoms. The Hall–Kier alpha value is -2.58. The molecule has 2 N–H and O–H groups in total. The van der Waals surface area contributed by atoms with Crippen molar-refractivity contribution in [3.05, 3.63) is 48.0 Å². The van der Waals surface area contributed by atoms with Gasteiger partial charge < -0.3 is 10.6 Å². The SMILES string of the molecule is CN=C(NCCc1ccn(-c2ccc(F)cc2)n1)NC1CCC(C(F)(F)F)CC1. The summed E-state index contributed by atoms with van der Waals surface area (Å²) in [7, 11) is 1.64. The van der Waals surface area contributed by atoms with Gasteiger partial charge in [0.2, 0.25) is 0 Å². The molecular weight excluding hydrogens is 386 g/mol. The molecule has 1 aromatic heterocycles. The van der Waals surface area contributed by atoms with Gasteiger partial charge in [-0.3, -0.25) is 4.99 Å². The zero-order chi connectivity index (χ0) is 20.9. The van der Waals surface area contributed by atoms with Crippen molar-refractivity contribution in [3.63, 3.8) is 0 Å². The van der Waals surface area contributed by atoms with Crippen LogP contribution in [-0.4, -0.2) is 41.6 Å². The molecule has 5 nitrogen and oxygen atoms in total. The number of benzene rings is 1. The first-order valence-electron chi connectivity index (χ1n) is 9.69. The van der Waals surface area contributed by atoms with Gasteiger partial charge in [-0.15, -0.1) is 0 Å². The van der Waals surface area contributed by atoms with Crippen LogP contribution in [0.4, 0.5) is 17.6 Å². The largest absolute Gasteiger partial charge is 0.391 e. The Kier molecular flexibility index (Phi) is 6.76. The Morgan fingerprint density at radius 1 is 1.14 bits per heavy atom. The summed E-state index contributed by atoms with van der Waals surface area (Å²) < 4.78 is 53.0. The first kappa shape index (κ1) is 21.1. The van der Waals surface area contributed by atoms with Crippen molar-refractivity contribution in [3.8, 4) is 5.69 Å². The smallest absolute Gasteiger partial charge is 0.356 e. The highest BCUT2D eigenvalue weighted by molar-refractivity contribution is 5.79. The molecule has 2 aromatic rings. The van der Waals surface area contributed by atoms with Crippen LogP contribution in [0.1, 0.15) is 31.4 Å². The predicted molar refractivity (Wildman–Crippen MR) is 104 cm³/mol. The van der Waals surface area contributed by atoms with E-state index in [1.807, 2.05) is 12.3 Å². The van der Waals surface area contributed by atoms with Gasteiger partial charge in [0.05, 0.1) is 17.3 Å². The van der Waals surface area contributed by atoms with Gasteiger partial charge in [-0.2, -0.15) is 18.3 Å². The molecule has 1 aliphatic rings. The van der Waals surface area contributed by atoms with Gasteiger partial charge in [-0.25, -0.2) is 9.07 Å². The first-order chi connectivity index (χ1) is 13.8. The summed E-state index contributed by atoms with van der Waals surface area (Å²) in [6, 6.07) is 7.97. The van der Waals surface area contributed by atoms with Crippen molar-refractivity contribution in [2.45, 2.75) is 44.3 Å². The van der Waals surface area contributed by atoms with Crippen LogP contribution in [0.3, 0.4) is 0 Å². The lowest BCUT2D eigenvalue weighted by Crippen LogP contribution is -2.46. The highest BCUT2D eigenvalue weighted by Crippen LogP contribution is 2.37. The summed E-state index contributed by atoms with van der Waals surface area (Å²) >= 11 is 0. The fourth-order valence-corrected chi connectivity index (χ4v) is 3.49. The number of halogens is 4. The topological polar surface area (TPSA) is 54.2 Å². The van der Waals surface area contributed by atoms with Crippen LogP contribution in [0, 0.1) is 11.7 Å². The van der Waals surface area contributed by atoms with Gasteiger partial charge in [0.1, 0.15) is 5.82 Å². The molecule has 1 saturated carbocycles. The summed E-state index contributed by atoms with van der Waals surface area (Å²) in [5.41, 5.74) is 1.64. The minimum absolute atomic E-state index is 0.00233. The molecule has 0 radical (unpaired) electrons. The summed E-state index contributed by atoms with van der Waals surface area (Å²) in [6.07, 6.45) is -0.371. The summed E-state index contributed by atoms with van der Waals surface area (Å²) in [5, 5.41) is 10.9. The Morgan fingerprint density at radius 2 is 1.83 bits per heavy atom. The fourth-order valence-electron chi connectivity index (χ4n) is 3.49. The second kappa shape index (κ2) is 9.28. The number of hydrogen-bond donors (Lipinski definition) is 2. The Labute approximate surface area is 167 Å². The van der Waals surface area contributed by atoms with Crippen molar-refractivity contribution in [2.75, 3.05) is 13.6 Å². The number of nitrogens with one attached hydrogen (secondary N) is 2. The van der Waals surface area contributed by atoms with Crippen molar-refractivity contribution in [1.82, 2.24) is 20.4 Å². The Morgan fingerprint density at radius 3 is 2.45 bits per heavy atom. The van der Waals surface area contributed by atoms with E-state index in [4.69, 9.17) is 0 Å². The van der Waals surface area contributed by atoms with E-state index in [1.54, 1.807) is 23.9 Å². The van der Waals surface area contributed by atoms with Crippen LogP contribution in [0.25, 0.3) is 5.69 Å². The highest BCUT2D eigenvalue weighted by atomic mass is 19.4. The summed E-state index contributed by atoms with van der Waals surface area (Å²) in [4.78, 5) is 4.15. The van der Waals surface area contributed by atoms with E-state index in [0.29, 0.717) is 31.8 Å². The molecule has 0 bridgehead atoms. The van der Waals surface area contributed by atoms with E-state index in [1.165, 1.54) is 12.1 Å². The van der Waals surface area contributed by atoms with Crippen molar-refractivity contribution in [1.29, 1.82) is 0 Å². The van der Waals surface area contributed by atoms with Gasteiger partial charge in [0.15, 0.2) is 5.96 Å². The molecule has 0 saturated heterocycles. The van der Waals surface area contributed by atoms with E-state index >= 15 is 0 Å². The predicted octanol–water partition coefficient (Wildman–Crippen LogP) is 3.84. The number of aromatic nitrogens is 2. The molecule has 1 heterocycles. The number of hydrogen-bond acceptors (Lipinski definition) is 2. The van der Waals surface area contributed by atoms with E-state index in [2.05, 4.69) is 20.7 Å². The number of rotatable bonds is 5. The highest BCUT2D eigenvalue weighted by Gasteiger charge is 2.41. The Balaban J connectivity index is 1.43. The summed E-state index contributed by atoms with van der Waals surface area (Å²) in [5.74, 6) is -0.902. The zero-order valence-corrected chi connectivity index (χ0v) is 16.2. The quantitative estimate of drug-likeness (QED) is 0.447. The number of alkyl halides is 3. The van der Waals surface area contributed by atoms with Crippen LogP contribution in [0.2, 0.25) is 0 Å². The maximum absolute atomic E-state index is 13.0.